The predicted octanol–water partition coefficient (Wildman–Crippen LogP) is 3.09. The number of aliphatic hydroxyl groups is 1. The number of ether oxygens (including phenoxy) is 1. The van der Waals surface area contributed by atoms with Crippen molar-refractivity contribution < 1.29 is 19.3 Å². The van der Waals surface area contributed by atoms with Crippen LogP contribution in [0.5, 0.6) is 11.5 Å². The molecule has 0 radical (unpaired) electrons. The van der Waals surface area contributed by atoms with Crippen LogP contribution in [0, 0.1) is 5.82 Å². The lowest BCUT2D eigenvalue weighted by Gasteiger charge is -2.30. The number of phenols is 1. The second-order valence-corrected chi connectivity index (χ2v) is 4.63. The molecule has 19 heavy (non-hydrogen) atoms. The zero-order valence-corrected chi connectivity index (χ0v) is 10.1. The summed E-state index contributed by atoms with van der Waals surface area (Å²) in [7, 11) is 0. The summed E-state index contributed by atoms with van der Waals surface area (Å²) in [5.41, 5.74) is 1.40. The van der Waals surface area contributed by atoms with Gasteiger partial charge in [0, 0.05) is 12.0 Å². The quantitative estimate of drug-likeness (QED) is 0.828. The van der Waals surface area contributed by atoms with Crippen LogP contribution in [0.25, 0.3) is 0 Å². The lowest BCUT2D eigenvalue weighted by Crippen LogP contribution is -2.18. The van der Waals surface area contributed by atoms with E-state index in [1.807, 2.05) is 0 Å². The van der Waals surface area contributed by atoms with Gasteiger partial charge in [-0.1, -0.05) is 12.1 Å². The third-order valence-electron chi connectivity index (χ3n) is 3.30. The molecule has 1 aliphatic heterocycles. The van der Waals surface area contributed by atoms with Gasteiger partial charge in [0.2, 0.25) is 0 Å². The summed E-state index contributed by atoms with van der Waals surface area (Å²) in [4.78, 5) is 0. The maximum atomic E-state index is 12.9. The van der Waals surface area contributed by atoms with Crippen molar-refractivity contribution in [2.75, 3.05) is 0 Å². The van der Waals surface area contributed by atoms with Crippen molar-refractivity contribution in [2.45, 2.75) is 18.6 Å². The molecule has 0 saturated heterocycles. The van der Waals surface area contributed by atoms with Crippen molar-refractivity contribution in [3.63, 3.8) is 0 Å². The summed E-state index contributed by atoms with van der Waals surface area (Å²) in [5.74, 6) is 0.345. The second kappa shape index (κ2) is 4.55. The van der Waals surface area contributed by atoms with E-state index in [0.717, 1.165) is 5.56 Å². The van der Waals surface area contributed by atoms with Gasteiger partial charge in [-0.15, -0.1) is 0 Å². The van der Waals surface area contributed by atoms with Gasteiger partial charge in [0.15, 0.2) is 0 Å². The normalized spacial score (nSPS) is 21.6. The molecule has 0 aromatic heterocycles. The summed E-state index contributed by atoms with van der Waals surface area (Å²) < 4.78 is 18.7. The third kappa shape index (κ3) is 2.27. The topological polar surface area (TPSA) is 49.7 Å². The molecule has 0 saturated carbocycles. The average Bonchev–Trinajstić information content (AvgIpc) is 2.40. The Morgan fingerprint density at radius 2 is 1.84 bits per heavy atom. The van der Waals surface area contributed by atoms with Crippen molar-refractivity contribution in [3.8, 4) is 11.5 Å². The van der Waals surface area contributed by atoms with Gasteiger partial charge in [0.25, 0.3) is 0 Å². The average molecular weight is 260 g/mol. The van der Waals surface area contributed by atoms with Gasteiger partial charge in [-0.25, -0.2) is 4.39 Å². The number of benzene rings is 2. The minimum Gasteiger partial charge on any atom is -0.508 e. The molecule has 0 bridgehead atoms. The van der Waals surface area contributed by atoms with E-state index in [0.29, 0.717) is 17.7 Å². The van der Waals surface area contributed by atoms with Crippen LogP contribution in [0.1, 0.15) is 29.8 Å². The SMILES string of the molecule is Oc1ccc2c(c1)C(O)CC(c1ccc(F)cc1)O2. The molecule has 2 N–H and O–H groups in total. The van der Waals surface area contributed by atoms with E-state index in [1.165, 1.54) is 24.3 Å². The maximum absolute atomic E-state index is 12.9. The van der Waals surface area contributed by atoms with Crippen LogP contribution in [-0.2, 0) is 0 Å². The predicted molar refractivity (Wildman–Crippen MR) is 67.5 cm³/mol. The second-order valence-electron chi connectivity index (χ2n) is 4.63. The van der Waals surface area contributed by atoms with Gasteiger partial charge < -0.3 is 14.9 Å². The Labute approximate surface area is 109 Å². The first-order chi connectivity index (χ1) is 9.13. The maximum Gasteiger partial charge on any atom is 0.127 e. The first kappa shape index (κ1) is 12.0. The van der Waals surface area contributed by atoms with Crippen molar-refractivity contribution >= 4 is 0 Å². The minimum atomic E-state index is -0.703. The van der Waals surface area contributed by atoms with E-state index < -0.39 is 6.10 Å². The van der Waals surface area contributed by atoms with Gasteiger partial charge >= 0.3 is 0 Å². The first-order valence-electron chi connectivity index (χ1n) is 6.06. The molecule has 1 aliphatic rings. The van der Waals surface area contributed by atoms with E-state index >= 15 is 0 Å². The number of aromatic hydroxyl groups is 1. The Morgan fingerprint density at radius 1 is 1.11 bits per heavy atom. The van der Waals surface area contributed by atoms with Crippen LogP contribution in [-0.4, -0.2) is 10.2 Å². The van der Waals surface area contributed by atoms with Gasteiger partial charge in [-0.2, -0.15) is 0 Å². The Balaban J connectivity index is 1.92. The van der Waals surface area contributed by atoms with Crippen LogP contribution in [0.3, 0.4) is 0 Å². The summed E-state index contributed by atoms with van der Waals surface area (Å²) >= 11 is 0. The van der Waals surface area contributed by atoms with Crippen molar-refractivity contribution in [3.05, 3.63) is 59.4 Å². The van der Waals surface area contributed by atoms with Crippen molar-refractivity contribution in [2.24, 2.45) is 0 Å². The highest BCUT2D eigenvalue weighted by atomic mass is 19.1. The first-order valence-corrected chi connectivity index (χ1v) is 6.06. The van der Waals surface area contributed by atoms with E-state index in [1.54, 1.807) is 18.2 Å². The third-order valence-corrected chi connectivity index (χ3v) is 3.30. The van der Waals surface area contributed by atoms with Gasteiger partial charge in [-0.05, 0) is 35.9 Å². The molecule has 0 aliphatic carbocycles. The molecule has 2 aromatic carbocycles. The van der Waals surface area contributed by atoms with Crippen LogP contribution in [0.2, 0.25) is 0 Å². The zero-order chi connectivity index (χ0) is 13.4. The molecule has 0 spiro atoms. The Kier molecular flexibility index (Phi) is 2.87. The van der Waals surface area contributed by atoms with Gasteiger partial charge in [-0.3, -0.25) is 0 Å². The molecule has 2 atom stereocenters. The molecule has 4 heteroatoms. The van der Waals surface area contributed by atoms with Crippen molar-refractivity contribution in [1.29, 1.82) is 0 Å². The Hall–Kier alpha value is -2.07. The number of hydrogen-bond acceptors (Lipinski definition) is 3. The van der Waals surface area contributed by atoms with E-state index in [4.69, 9.17) is 4.74 Å². The highest BCUT2D eigenvalue weighted by molar-refractivity contribution is 5.43. The Morgan fingerprint density at radius 3 is 2.58 bits per heavy atom. The number of phenolic OH excluding ortho intramolecular Hbond substituents is 1. The fourth-order valence-electron chi connectivity index (χ4n) is 2.32. The fourth-order valence-corrected chi connectivity index (χ4v) is 2.32. The van der Waals surface area contributed by atoms with Crippen LogP contribution in [0.4, 0.5) is 4.39 Å². The monoisotopic (exact) mass is 260 g/mol. The number of halogens is 1. The van der Waals surface area contributed by atoms with Crippen LogP contribution >= 0.6 is 0 Å². The van der Waals surface area contributed by atoms with E-state index in [-0.39, 0.29) is 17.7 Å². The lowest BCUT2D eigenvalue weighted by atomic mass is 9.95. The summed E-state index contributed by atoms with van der Waals surface area (Å²) in [6.07, 6.45) is -0.638. The molecule has 3 nitrogen and oxygen atoms in total. The minimum absolute atomic E-state index is 0.0987. The zero-order valence-electron chi connectivity index (χ0n) is 10.1. The molecule has 0 fully saturated rings. The lowest BCUT2D eigenvalue weighted by molar-refractivity contribution is 0.0654. The smallest absolute Gasteiger partial charge is 0.127 e. The molecule has 2 unspecified atom stereocenters. The van der Waals surface area contributed by atoms with Crippen molar-refractivity contribution in [1.82, 2.24) is 0 Å². The van der Waals surface area contributed by atoms with Crippen LogP contribution < -0.4 is 4.74 Å². The summed E-state index contributed by atoms with van der Waals surface area (Å²) in [5, 5.41) is 19.5. The molecule has 98 valence electrons. The van der Waals surface area contributed by atoms with Crippen LogP contribution in [0.15, 0.2) is 42.5 Å². The summed E-state index contributed by atoms with van der Waals surface area (Å²) in [6, 6.07) is 10.7. The molecular formula is C15H13FO3. The largest absolute Gasteiger partial charge is 0.508 e. The molecule has 0 amide bonds. The molecule has 3 rings (SSSR count). The molecule has 2 aromatic rings. The van der Waals surface area contributed by atoms with Gasteiger partial charge in [0.05, 0.1) is 6.10 Å². The van der Waals surface area contributed by atoms with E-state index in [2.05, 4.69) is 0 Å². The standard InChI is InChI=1S/C15H13FO3/c16-10-3-1-9(2-4-10)15-8-13(18)12-7-11(17)5-6-14(12)19-15/h1-7,13,15,17-18H,8H2. The fraction of sp³-hybridized carbons (Fsp3) is 0.200. The van der Waals surface area contributed by atoms with Gasteiger partial charge in [0.1, 0.15) is 23.4 Å². The number of fused-ring (bicyclic) bond motifs is 1. The Bertz CT molecular complexity index is 595. The molecular weight excluding hydrogens is 247 g/mol. The number of aliphatic hydroxyl groups excluding tert-OH is 1. The summed E-state index contributed by atoms with van der Waals surface area (Å²) in [6.45, 7) is 0. The van der Waals surface area contributed by atoms with E-state index in [9.17, 15) is 14.6 Å². The number of rotatable bonds is 1. The highest BCUT2D eigenvalue weighted by Crippen LogP contribution is 2.41. The molecule has 1 heterocycles. The highest BCUT2D eigenvalue weighted by Gasteiger charge is 2.28. The number of hydrogen-bond donors (Lipinski definition) is 2.